The number of anilines is 1. The summed E-state index contributed by atoms with van der Waals surface area (Å²) < 4.78 is 5.44. The van der Waals surface area contributed by atoms with E-state index in [0.29, 0.717) is 24.2 Å². The van der Waals surface area contributed by atoms with Crippen molar-refractivity contribution < 1.29 is 9.53 Å². The highest BCUT2D eigenvalue weighted by Gasteiger charge is 2.18. The Morgan fingerprint density at radius 2 is 2.21 bits per heavy atom. The maximum absolute atomic E-state index is 12.0. The second-order valence-corrected chi connectivity index (χ2v) is 6.40. The molecule has 0 aliphatic carbocycles. The average Bonchev–Trinajstić information content (AvgIpc) is 3.20. The van der Waals surface area contributed by atoms with Crippen LogP contribution in [-0.4, -0.2) is 30.1 Å². The number of amides is 1. The third-order valence-corrected chi connectivity index (χ3v) is 4.56. The zero-order chi connectivity index (χ0) is 16.1. The Balaban J connectivity index is 0.00000208. The molecule has 0 bridgehead atoms. The number of nitrogens with one attached hydrogen (secondary N) is 2. The van der Waals surface area contributed by atoms with E-state index in [9.17, 15) is 4.79 Å². The lowest BCUT2D eigenvalue weighted by atomic mass is 10.1. The lowest BCUT2D eigenvalue weighted by Crippen LogP contribution is -2.27. The Morgan fingerprint density at radius 1 is 1.42 bits per heavy atom. The Hall–Kier alpha value is -1.63. The van der Waals surface area contributed by atoms with Gasteiger partial charge < -0.3 is 15.4 Å². The van der Waals surface area contributed by atoms with Crippen LogP contribution in [-0.2, 0) is 4.79 Å². The standard InChI is InChI=1S/C17H21N3O2S.ClH/c1-2-22-14-7-5-12(6-8-14)15-11-23-17(19-15)20-16(21)10-13-4-3-9-18-13;/h5-8,11,13,18H,2-4,9-10H2,1H3,(H,19,20,21);1H. The largest absolute Gasteiger partial charge is 0.494 e. The number of hydrogen-bond donors (Lipinski definition) is 2. The average molecular weight is 368 g/mol. The number of thiazole rings is 1. The Morgan fingerprint density at radius 3 is 2.88 bits per heavy atom. The van der Waals surface area contributed by atoms with Crippen LogP contribution in [0.15, 0.2) is 29.6 Å². The van der Waals surface area contributed by atoms with E-state index in [0.717, 1.165) is 36.4 Å². The first-order chi connectivity index (χ1) is 11.2. The molecule has 5 nitrogen and oxygen atoms in total. The molecule has 1 aliphatic rings. The normalized spacial score (nSPS) is 16.5. The molecule has 24 heavy (non-hydrogen) atoms. The van der Waals surface area contributed by atoms with Crippen LogP contribution in [0.4, 0.5) is 5.13 Å². The summed E-state index contributed by atoms with van der Waals surface area (Å²) in [5.74, 6) is 0.876. The van der Waals surface area contributed by atoms with Gasteiger partial charge in [0.2, 0.25) is 5.91 Å². The lowest BCUT2D eigenvalue weighted by Gasteiger charge is -2.08. The van der Waals surface area contributed by atoms with E-state index in [1.54, 1.807) is 0 Å². The molecule has 130 valence electrons. The first-order valence-electron chi connectivity index (χ1n) is 7.96. The fourth-order valence-corrected chi connectivity index (χ4v) is 3.41. The maximum atomic E-state index is 12.0. The predicted molar refractivity (Wildman–Crippen MR) is 100 cm³/mol. The summed E-state index contributed by atoms with van der Waals surface area (Å²) in [6, 6.07) is 8.13. The van der Waals surface area contributed by atoms with Gasteiger partial charge in [0.1, 0.15) is 5.75 Å². The fourth-order valence-electron chi connectivity index (χ4n) is 2.68. The molecule has 1 aromatic heterocycles. The van der Waals surface area contributed by atoms with E-state index in [1.165, 1.54) is 11.3 Å². The summed E-state index contributed by atoms with van der Waals surface area (Å²) in [5, 5.41) is 8.83. The number of ether oxygens (including phenoxy) is 1. The number of halogens is 1. The van der Waals surface area contributed by atoms with Crippen molar-refractivity contribution in [2.45, 2.75) is 32.2 Å². The molecule has 2 aromatic rings. The highest BCUT2D eigenvalue weighted by molar-refractivity contribution is 7.14. The highest BCUT2D eigenvalue weighted by atomic mass is 35.5. The van der Waals surface area contributed by atoms with Crippen LogP contribution >= 0.6 is 23.7 Å². The Kier molecular flexibility index (Phi) is 7.02. The molecule has 1 saturated heterocycles. The second-order valence-electron chi connectivity index (χ2n) is 5.54. The van der Waals surface area contributed by atoms with Crippen LogP contribution < -0.4 is 15.4 Å². The monoisotopic (exact) mass is 367 g/mol. The van der Waals surface area contributed by atoms with Gasteiger partial charge in [0, 0.05) is 23.4 Å². The number of carbonyl (C=O) groups excluding carboxylic acids is 1. The van der Waals surface area contributed by atoms with Crippen LogP contribution in [0.1, 0.15) is 26.2 Å². The SMILES string of the molecule is CCOc1ccc(-c2csc(NC(=O)CC3CCCN3)n2)cc1.Cl. The molecular weight excluding hydrogens is 346 g/mol. The molecule has 3 rings (SSSR count). The minimum Gasteiger partial charge on any atom is -0.494 e. The van der Waals surface area contributed by atoms with Crippen molar-refractivity contribution in [1.82, 2.24) is 10.3 Å². The summed E-state index contributed by atoms with van der Waals surface area (Å²) in [4.78, 5) is 16.5. The molecule has 2 N–H and O–H groups in total. The van der Waals surface area contributed by atoms with Gasteiger partial charge in [-0.05, 0) is 50.6 Å². The van der Waals surface area contributed by atoms with Crippen LogP contribution in [0.3, 0.4) is 0 Å². The van der Waals surface area contributed by atoms with Crippen molar-refractivity contribution in [1.29, 1.82) is 0 Å². The number of benzene rings is 1. The molecule has 0 spiro atoms. The van der Waals surface area contributed by atoms with Crippen LogP contribution in [0.2, 0.25) is 0 Å². The van der Waals surface area contributed by atoms with E-state index in [-0.39, 0.29) is 18.3 Å². The number of aromatic nitrogens is 1. The predicted octanol–water partition coefficient (Wildman–Crippen LogP) is 3.71. The van der Waals surface area contributed by atoms with E-state index in [4.69, 9.17) is 4.74 Å². The van der Waals surface area contributed by atoms with Crippen molar-refractivity contribution in [3.05, 3.63) is 29.6 Å². The van der Waals surface area contributed by atoms with Crippen molar-refractivity contribution in [2.24, 2.45) is 0 Å². The first kappa shape index (κ1) is 18.7. The molecule has 1 aromatic carbocycles. The van der Waals surface area contributed by atoms with Crippen molar-refractivity contribution in [3.8, 4) is 17.0 Å². The van der Waals surface area contributed by atoms with E-state index >= 15 is 0 Å². The van der Waals surface area contributed by atoms with E-state index < -0.39 is 0 Å². The summed E-state index contributed by atoms with van der Waals surface area (Å²) in [6.45, 7) is 3.63. The van der Waals surface area contributed by atoms with Crippen LogP contribution in [0.5, 0.6) is 5.75 Å². The van der Waals surface area contributed by atoms with E-state index in [2.05, 4.69) is 15.6 Å². The maximum Gasteiger partial charge on any atom is 0.227 e. The molecule has 1 fully saturated rings. The van der Waals surface area contributed by atoms with Gasteiger partial charge in [-0.2, -0.15) is 0 Å². The minimum atomic E-state index is 0. The topological polar surface area (TPSA) is 63.2 Å². The molecule has 7 heteroatoms. The lowest BCUT2D eigenvalue weighted by molar-refractivity contribution is -0.116. The van der Waals surface area contributed by atoms with E-state index in [1.807, 2.05) is 36.6 Å². The summed E-state index contributed by atoms with van der Waals surface area (Å²) in [7, 11) is 0. The van der Waals surface area contributed by atoms with Gasteiger partial charge in [0.15, 0.2) is 5.13 Å². The molecule has 0 radical (unpaired) electrons. The zero-order valence-corrected chi connectivity index (χ0v) is 15.2. The van der Waals surface area contributed by atoms with Crippen molar-refractivity contribution in [3.63, 3.8) is 0 Å². The third kappa shape index (κ3) is 4.93. The van der Waals surface area contributed by atoms with Gasteiger partial charge in [0.05, 0.1) is 12.3 Å². The van der Waals surface area contributed by atoms with Gasteiger partial charge >= 0.3 is 0 Å². The number of rotatable bonds is 6. The summed E-state index contributed by atoms with van der Waals surface area (Å²) in [5.41, 5.74) is 1.88. The molecule has 1 atom stereocenters. The molecule has 0 saturated carbocycles. The molecule has 1 aliphatic heterocycles. The molecule has 2 heterocycles. The third-order valence-electron chi connectivity index (χ3n) is 3.81. The Bertz CT molecular complexity index is 654. The molecule has 1 amide bonds. The first-order valence-corrected chi connectivity index (χ1v) is 8.84. The smallest absolute Gasteiger partial charge is 0.227 e. The highest BCUT2D eigenvalue weighted by Crippen LogP contribution is 2.26. The molecule has 1 unspecified atom stereocenters. The van der Waals surface area contributed by atoms with Crippen LogP contribution in [0, 0.1) is 0 Å². The van der Waals surface area contributed by atoms with Gasteiger partial charge in [-0.15, -0.1) is 23.7 Å². The fraction of sp³-hybridized carbons (Fsp3) is 0.412. The van der Waals surface area contributed by atoms with Gasteiger partial charge in [-0.25, -0.2) is 4.98 Å². The number of carbonyl (C=O) groups is 1. The van der Waals surface area contributed by atoms with Crippen LogP contribution in [0.25, 0.3) is 11.3 Å². The zero-order valence-electron chi connectivity index (χ0n) is 13.6. The quantitative estimate of drug-likeness (QED) is 0.816. The van der Waals surface area contributed by atoms with Crippen molar-refractivity contribution >= 4 is 34.8 Å². The van der Waals surface area contributed by atoms with Gasteiger partial charge in [0.25, 0.3) is 0 Å². The molecular formula is C17H22ClN3O2S. The van der Waals surface area contributed by atoms with Gasteiger partial charge in [-0.3, -0.25) is 4.79 Å². The summed E-state index contributed by atoms with van der Waals surface area (Å²) in [6.07, 6.45) is 2.73. The van der Waals surface area contributed by atoms with Crippen molar-refractivity contribution in [2.75, 3.05) is 18.5 Å². The Labute approximate surface area is 152 Å². The number of nitrogens with zero attached hydrogens (tertiary/aromatic N) is 1. The minimum absolute atomic E-state index is 0. The second kappa shape index (κ2) is 9.01. The number of hydrogen-bond acceptors (Lipinski definition) is 5. The van der Waals surface area contributed by atoms with Gasteiger partial charge in [-0.1, -0.05) is 0 Å². The summed E-state index contributed by atoms with van der Waals surface area (Å²) >= 11 is 1.45.